The lowest BCUT2D eigenvalue weighted by atomic mass is 9.90. The van der Waals surface area contributed by atoms with E-state index < -0.39 is 5.60 Å². The van der Waals surface area contributed by atoms with E-state index in [0.29, 0.717) is 6.54 Å². The van der Waals surface area contributed by atoms with Crippen LogP contribution in [0, 0.1) is 0 Å². The van der Waals surface area contributed by atoms with Crippen molar-refractivity contribution in [1.29, 1.82) is 0 Å². The van der Waals surface area contributed by atoms with Crippen molar-refractivity contribution in [2.24, 2.45) is 0 Å². The van der Waals surface area contributed by atoms with Gasteiger partial charge in [-0.25, -0.2) is 0 Å². The molecule has 3 heteroatoms. The zero-order chi connectivity index (χ0) is 10.9. The first-order valence-electron chi connectivity index (χ1n) is 5.33. The van der Waals surface area contributed by atoms with E-state index in [0.717, 1.165) is 6.54 Å². The van der Waals surface area contributed by atoms with E-state index in [1.54, 1.807) is 0 Å². The third-order valence-electron chi connectivity index (χ3n) is 3.02. The van der Waals surface area contributed by atoms with Crippen molar-refractivity contribution >= 4 is 0 Å². The number of benzene rings is 1. The van der Waals surface area contributed by atoms with Crippen LogP contribution in [0.4, 0.5) is 0 Å². The summed E-state index contributed by atoms with van der Waals surface area (Å²) in [5.74, 6) is 0. The first-order valence-corrected chi connectivity index (χ1v) is 5.33. The average Bonchev–Trinajstić information content (AvgIpc) is 2.61. The van der Waals surface area contributed by atoms with Gasteiger partial charge in [-0.2, -0.15) is 0 Å². The molecule has 2 unspecified atom stereocenters. The fraction of sp³-hybridized carbons (Fsp3) is 0.500. The second kappa shape index (κ2) is 3.93. The predicted octanol–water partition coefficient (Wildman–Crippen LogP) is 0.801. The third-order valence-corrected chi connectivity index (χ3v) is 3.02. The number of rotatable bonds is 3. The van der Waals surface area contributed by atoms with Crippen LogP contribution in [0.3, 0.4) is 0 Å². The summed E-state index contributed by atoms with van der Waals surface area (Å²) in [5.41, 5.74) is 1.76. The van der Waals surface area contributed by atoms with E-state index in [1.165, 1.54) is 11.1 Å². The molecule has 0 aromatic heterocycles. The molecule has 2 rings (SSSR count). The van der Waals surface area contributed by atoms with Gasteiger partial charge in [0.2, 0.25) is 0 Å². The van der Waals surface area contributed by atoms with Crippen LogP contribution < -0.4 is 10.6 Å². The van der Waals surface area contributed by atoms with Crippen molar-refractivity contribution in [3.8, 4) is 0 Å². The number of aliphatic hydroxyl groups is 1. The number of hydrogen-bond donors (Lipinski definition) is 3. The summed E-state index contributed by atoms with van der Waals surface area (Å²) < 4.78 is 0. The second-order valence-corrected chi connectivity index (χ2v) is 4.40. The first kappa shape index (κ1) is 10.6. The summed E-state index contributed by atoms with van der Waals surface area (Å²) in [6.45, 7) is 3.29. The summed E-state index contributed by atoms with van der Waals surface area (Å²) >= 11 is 0. The Labute approximate surface area is 90.5 Å². The maximum Gasteiger partial charge on any atom is 0.0937 e. The van der Waals surface area contributed by atoms with Crippen LogP contribution in [0.15, 0.2) is 24.3 Å². The van der Waals surface area contributed by atoms with Crippen molar-refractivity contribution in [1.82, 2.24) is 10.6 Å². The molecule has 1 aliphatic heterocycles. The molecule has 0 saturated heterocycles. The predicted molar refractivity (Wildman–Crippen MR) is 60.6 cm³/mol. The van der Waals surface area contributed by atoms with Gasteiger partial charge in [-0.1, -0.05) is 24.3 Å². The molecule has 0 radical (unpaired) electrons. The zero-order valence-corrected chi connectivity index (χ0v) is 9.25. The molecule has 0 amide bonds. The van der Waals surface area contributed by atoms with Gasteiger partial charge >= 0.3 is 0 Å². The summed E-state index contributed by atoms with van der Waals surface area (Å²) in [6.07, 6.45) is 0. The van der Waals surface area contributed by atoms with Crippen molar-refractivity contribution in [3.05, 3.63) is 35.4 Å². The monoisotopic (exact) mass is 206 g/mol. The van der Waals surface area contributed by atoms with Crippen LogP contribution in [0.5, 0.6) is 0 Å². The smallest absolute Gasteiger partial charge is 0.0937 e. The second-order valence-electron chi connectivity index (χ2n) is 4.40. The number of hydrogen-bond acceptors (Lipinski definition) is 3. The Bertz CT molecular complexity index is 349. The maximum absolute atomic E-state index is 10.3. The minimum Gasteiger partial charge on any atom is -0.387 e. The summed E-state index contributed by atoms with van der Waals surface area (Å²) in [5, 5.41) is 16.7. The molecule has 1 aromatic rings. The topological polar surface area (TPSA) is 44.3 Å². The molecule has 2 atom stereocenters. The molecule has 0 saturated carbocycles. The molecular formula is C12H18N2O. The highest BCUT2D eigenvalue weighted by Gasteiger charge is 2.36. The van der Waals surface area contributed by atoms with E-state index in [4.69, 9.17) is 0 Å². The van der Waals surface area contributed by atoms with Gasteiger partial charge in [-0.3, -0.25) is 0 Å². The molecule has 15 heavy (non-hydrogen) atoms. The van der Waals surface area contributed by atoms with E-state index in [2.05, 4.69) is 22.8 Å². The SMILES string of the molecule is CNCC(C)(O)C1NCc2ccccc21. The zero-order valence-electron chi connectivity index (χ0n) is 9.25. The molecule has 0 fully saturated rings. The highest BCUT2D eigenvalue weighted by atomic mass is 16.3. The van der Waals surface area contributed by atoms with Gasteiger partial charge in [-0.15, -0.1) is 0 Å². The first-order chi connectivity index (χ1) is 7.15. The summed E-state index contributed by atoms with van der Waals surface area (Å²) in [6, 6.07) is 8.28. The normalized spacial score (nSPS) is 23.5. The summed E-state index contributed by atoms with van der Waals surface area (Å²) in [7, 11) is 1.86. The van der Waals surface area contributed by atoms with E-state index >= 15 is 0 Å². The fourth-order valence-electron chi connectivity index (χ4n) is 2.31. The molecule has 1 heterocycles. The molecular weight excluding hydrogens is 188 g/mol. The lowest BCUT2D eigenvalue weighted by molar-refractivity contribution is 0.0242. The van der Waals surface area contributed by atoms with Crippen molar-refractivity contribution in [2.75, 3.05) is 13.6 Å². The lowest BCUT2D eigenvalue weighted by Gasteiger charge is -2.30. The molecule has 3 N–H and O–H groups in total. The van der Waals surface area contributed by atoms with E-state index in [9.17, 15) is 5.11 Å². The number of nitrogens with one attached hydrogen (secondary N) is 2. The average molecular weight is 206 g/mol. The van der Waals surface area contributed by atoms with Gasteiger partial charge in [0.15, 0.2) is 0 Å². The Hall–Kier alpha value is -0.900. The molecule has 82 valence electrons. The number of fused-ring (bicyclic) bond motifs is 1. The maximum atomic E-state index is 10.3. The van der Waals surface area contributed by atoms with Crippen LogP contribution in [0.1, 0.15) is 24.1 Å². The highest BCUT2D eigenvalue weighted by Crippen LogP contribution is 2.32. The minimum absolute atomic E-state index is 0.0288. The Morgan fingerprint density at radius 3 is 3.00 bits per heavy atom. The van der Waals surface area contributed by atoms with E-state index in [-0.39, 0.29) is 6.04 Å². The van der Waals surface area contributed by atoms with Crippen LogP contribution in [-0.2, 0) is 6.54 Å². The molecule has 0 aliphatic carbocycles. The van der Waals surface area contributed by atoms with Crippen molar-refractivity contribution < 1.29 is 5.11 Å². The summed E-state index contributed by atoms with van der Waals surface area (Å²) in [4.78, 5) is 0. The van der Waals surface area contributed by atoms with Crippen LogP contribution in [0.2, 0.25) is 0 Å². The highest BCUT2D eigenvalue weighted by molar-refractivity contribution is 5.35. The van der Waals surface area contributed by atoms with Gasteiger partial charge in [0.1, 0.15) is 0 Å². The standard InChI is InChI=1S/C12H18N2O/c1-12(15,8-13-2)11-10-6-4-3-5-9(10)7-14-11/h3-6,11,13-15H,7-8H2,1-2H3. The Morgan fingerprint density at radius 2 is 2.27 bits per heavy atom. The van der Waals surface area contributed by atoms with Crippen LogP contribution in [-0.4, -0.2) is 24.3 Å². The molecule has 3 nitrogen and oxygen atoms in total. The molecule has 0 spiro atoms. The van der Waals surface area contributed by atoms with Crippen molar-refractivity contribution in [3.63, 3.8) is 0 Å². The van der Waals surface area contributed by atoms with Crippen LogP contribution in [0.25, 0.3) is 0 Å². The molecule has 1 aromatic carbocycles. The fourth-order valence-corrected chi connectivity index (χ4v) is 2.31. The van der Waals surface area contributed by atoms with E-state index in [1.807, 2.05) is 26.1 Å². The molecule has 1 aliphatic rings. The Balaban J connectivity index is 2.27. The van der Waals surface area contributed by atoms with Gasteiger partial charge in [0.05, 0.1) is 11.6 Å². The minimum atomic E-state index is -0.749. The number of likely N-dealkylation sites (N-methyl/N-ethyl adjacent to an activating group) is 1. The van der Waals surface area contributed by atoms with Gasteiger partial charge in [0, 0.05) is 13.1 Å². The lowest BCUT2D eigenvalue weighted by Crippen LogP contribution is -2.45. The third kappa shape index (κ3) is 1.91. The van der Waals surface area contributed by atoms with Crippen LogP contribution >= 0.6 is 0 Å². The van der Waals surface area contributed by atoms with Gasteiger partial charge in [0.25, 0.3) is 0 Å². The quantitative estimate of drug-likeness (QED) is 0.685. The Kier molecular flexibility index (Phi) is 2.78. The largest absolute Gasteiger partial charge is 0.387 e. The van der Waals surface area contributed by atoms with Gasteiger partial charge in [-0.05, 0) is 25.1 Å². The van der Waals surface area contributed by atoms with Gasteiger partial charge < -0.3 is 15.7 Å². The Morgan fingerprint density at radius 1 is 1.53 bits per heavy atom. The van der Waals surface area contributed by atoms with Crippen molar-refractivity contribution in [2.45, 2.75) is 25.1 Å². The molecule has 0 bridgehead atoms.